The highest BCUT2D eigenvalue weighted by Crippen LogP contribution is 2.25. The van der Waals surface area contributed by atoms with Gasteiger partial charge in [-0.25, -0.2) is 9.18 Å². The molecule has 1 amide bonds. The first-order valence-electron chi connectivity index (χ1n) is 6.12. The van der Waals surface area contributed by atoms with E-state index in [4.69, 9.17) is 0 Å². The van der Waals surface area contributed by atoms with E-state index in [9.17, 15) is 29.2 Å². The number of hydrogen-bond donors (Lipinski definition) is 1. The molecule has 7 nitrogen and oxygen atoms in total. The number of carboxylic acids is 1. The molecular weight excluding hydrogens is 283 g/mol. The number of carboxylic acid groups (broad SMARTS) is 1. The summed E-state index contributed by atoms with van der Waals surface area (Å²) >= 11 is 0. The summed E-state index contributed by atoms with van der Waals surface area (Å²) in [4.78, 5) is 34.7. The van der Waals surface area contributed by atoms with Crippen molar-refractivity contribution in [3.8, 4) is 0 Å². The van der Waals surface area contributed by atoms with Crippen molar-refractivity contribution < 1.29 is 24.0 Å². The summed E-state index contributed by atoms with van der Waals surface area (Å²) < 4.78 is 13.1. The van der Waals surface area contributed by atoms with Gasteiger partial charge in [0, 0.05) is 6.54 Å². The number of carbonyl (C=O) groups is 2. The molecule has 0 atom stereocenters. The van der Waals surface area contributed by atoms with Gasteiger partial charge in [-0.05, 0) is 32.9 Å². The molecular formula is C13H15FN2O5. The van der Waals surface area contributed by atoms with Crippen LogP contribution in [-0.2, 0) is 4.79 Å². The fraction of sp³-hybridized carbons (Fsp3) is 0.385. The molecule has 114 valence electrons. The van der Waals surface area contributed by atoms with Crippen molar-refractivity contribution in [2.75, 3.05) is 6.54 Å². The molecule has 0 heterocycles. The van der Waals surface area contributed by atoms with Gasteiger partial charge in [0.1, 0.15) is 16.9 Å². The number of likely N-dealkylation sites (N-methyl/N-ethyl adjacent to an activating group) is 1. The van der Waals surface area contributed by atoms with Gasteiger partial charge >= 0.3 is 5.97 Å². The quantitative estimate of drug-likeness (QED) is 0.662. The number of hydrogen-bond acceptors (Lipinski definition) is 4. The molecule has 0 fully saturated rings. The van der Waals surface area contributed by atoms with Crippen molar-refractivity contribution in [1.29, 1.82) is 0 Å². The van der Waals surface area contributed by atoms with E-state index in [1.165, 1.54) is 13.8 Å². The molecule has 1 N–H and O–H groups in total. The number of carbonyl (C=O) groups excluding carboxylic acids is 1. The summed E-state index contributed by atoms with van der Waals surface area (Å²) in [6.07, 6.45) is 0. The molecule has 0 aliphatic rings. The third-order valence-electron chi connectivity index (χ3n) is 3.15. The van der Waals surface area contributed by atoms with E-state index in [1.807, 2.05) is 0 Å². The van der Waals surface area contributed by atoms with E-state index >= 15 is 0 Å². The Hall–Kier alpha value is -2.51. The number of aliphatic carboxylic acids is 1. The number of nitro benzene ring substituents is 1. The van der Waals surface area contributed by atoms with Crippen LogP contribution in [0.2, 0.25) is 0 Å². The van der Waals surface area contributed by atoms with Crippen LogP contribution in [0.4, 0.5) is 10.1 Å². The van der Waals surface area contributed by atoms with Crippen molar-refractivity contribution in [3.05, 3.63) is 39.7 Å². The van der Waals surface area contributed by atoms with Crippen LogP contribution in [0.1, 0.15) is 31.1 Å². The van der Waals surface area contributed by atoms with Gasteiger partial charge in [-0.1, -0.05) is 0 Å². The number of rotatable bonds is 5. The highest BCUT2D eigenvalue weighted by Gasteiger charge is 2.39. The Morgan fingerprint density at radius 3 is 2.43 bits per heavy atom. The van der Waals surface area contributed by atoms with E-state index < -0.39 is 33.8 Å². The second-order valence-electron chi connectivity index (χ2n) is 4.83. The molecule has 0 saturated carbocycles. The zero-order valence-corrected chi connectivity index (χ0v) is 11.8. The lowest BCUT2D eigenvalue weighted by Gasteiger charge is -2.34. The molecule has 0 aliphatic heterocycles. The molecule has 1 rings (SSSR count). The minimum absolute atomic E-state index is 0.0344. The third kappa shape index (κ3) is 3.15. The predicted octanol–water partition coefficient (Wildman–Crippen LogP) is 2.06. The first-order valence-corrected chi connectivity index (χ1v) is 6.12. The van der Waals surface area contributed by atoms with E-state index in [-0.39, 0.29) is 12.1 Å². The summed E-state index contributed by atoms with van der Waals surface area (Å²) in [5, 5.41) is 20.1. The Bertz CT molecular complexity index is 600. The molecule has 0 bridgehead atoms. The molecule has 0 radical (unpaired) electrons. The fourth-order valence-electron chi connectivity index (χ4n) is 1.89. The van der Waals surface area contributed by atoms with E-state index in [2.05, 4.69) is 0 Å². The van der Waals surface area contributed by atoms with Crippen molar-refractivity contribution in [1.82, 2.24) is 4.90 Å². The number of nitrogens with zero attached hydrogens (tertiary/aromatic N) is 2. The highest BCUT2D eigenvalue weighted by molar-refractivity contribution is 6.00. The molecule has 0 saturated heterocycles. The highest BCUT2D eigenvalue weighted by atomic mass is 19.1. The molecule has 0 spiro atoms. The number of benzene rings is 1. The molecule has 8 heteroatoms. The van der Waals surface area contributed by atoms with E-state index in [0.29, 0.717) is 6.07 Å². The molecule has 0 aromatic heterocycles. The largest absolute Gasteiger partial charge is 0.480 e. The first-order chi connectivity index (χ1) is 9.62. The maximum atomic E-state index is 13.1. The lowest BCUT2D eigenvalue weighted by molar-refractivity contribution is -0.385. The third-order valence-corrected chi connectivity index (χ3v) is 3.15. The Labute approximate surface area is 120 Å². The smallest absolute Gasteiger partial charge is 0.329 e. The Morgan fingerprint density at radius 1 is 1.43 bits per heavy atom. The fourth-order valence-corrected chi connectivity index (χ4v) is 1.89. The van der Waals surface area contributed by atoms with Crippen molar-refractivity contribution in [3.63, 3.8) is 0 Å². The van der Waals surface area contributed by atoms with E-state index in [1.54, 1.807) is 6.92 Å². The molecule has 0 unspecified atom stereocenters. The van der Waals surface area contributed by atoms with Gasteiger partial charge < -0.3 is 10.0 Å². The average Bonchev–Trinajstić information content (AvgIpc) is 2.38. The zero-order valence-electron chi connectivity index (χ0n) is 11.8. The molecule has 1 aromatic rings. The summed E-state index contributed by atoms with van der Waals surface area (Å²) in [5.74, 6) is -2.93. The van der Waals surface area contributed by atoms with Gasteiger partial charge in [0.15, 0.2) is 0 Å². The first kappa shape index (κ1) is 16.5. The topological polar surface area (TPSA) is 101 Å². The number of halogens is 1. The summed E-state index contributed by atoms with van der Waals surface area (Å²) in [6, 6.07) is 2.53. The van der Waals surface area contributed by atoms with Crippen LogP contribution in [0.5, 0.6) is 0 Å². The van der Waals surface area contributed by atoms with Gasteiger partial charge in [-0.15, -0.1) is 0 Å². The van der Waals surface area contributed by atoms with E-state index in [0.717, 1.165) is 17.0 Å². The summed E-state index contributed by atoms with van der Waals surface area (Å²) in [7, 11) is 0. The maximum Gasteiger partial charge on any atom is 0.329 e. The standard InChI is InChI=1S/C13H15FN2O5/c1-4-15(13(2,3)12(18)19)11(17)9-6-5-8(14)7-10(9)16(20)21/h5-7H,4H2,1-3H3,(H,18,19). The van der Waals surface area contributed by atoms with Gasteiger partial charge in [0.05, 0.1) is 11.0 Å². The lowest BCUT2D eigenvalue weighted by atomic mass is 10.0. The average molecular weight is 298 g/mol. The monoisotopic (exact) mass is 298 g/mol. The van der Waals surface area contributed by atoms with Crippen LogP contribution in [-0.4, -0.2) is 38.9 Å². The second kappa shape index (κ2) is 5.86. The van der Waals surface area contributed by atoms with Crippen LogP contribution in [0, 0.1) is 15.9 Å². The van der Waals surface area contributed by atoms with Crippen LogP contribution < -0.4 is 0 Å². The Morgan fingerprint density at radius 2 is 2.00 bits per heavy atom. The molecule has 21 heavy (non-hydrogen) atoms. The van der Waals surface area contributed by atoms with Crippen molar-refractivity contribution in [2.45, 2.75) is 26.3 Å². The predicted molar refractivity (Wildman–Crippen MR) is 71.5 cm³/mol. The normalized spacial score (nSPS) is 11.0. The number of amides is 1. The van der Waals surface area contributed by atoms with Gasteiger partial charge in [-0.2, -0.15) is 0 Å². The molecule has 0 aliphatic carbocycles. The summed E-state index contributed by atoms with van der Waals surface area (Å²) in [5.41, 5.74) is -2.59. The van der Waals surface area contributed by atoms with Crippen LogP contribution in [0.25, 0.3) is 0 Å². The van der Waals surface area contributed by atoms with Gasteiger partial charge in [0.2, 0.25) is 0 Å². The lowest BCUT2D eigenvalue weighted by Crippen LogP contribution is -2.53. The minimum atomic E-state index is -1.55. The van der Waals surface area contributed by atoms with Crippen LogP contribution >= 0.6 is 0 Å². The van der Waals surface area contributed by atoms with Gasteiger partial charge in [-0.3, -0.25) is 14.9 Å². The maximum absolute atomic E-state index is 13.1. The molecule has 1 aromatic carbocycles. The van der Waals surface area contributed by atoms with Crippen molar-refractivity contribution in [2.24, 2.45) is 0 Å². The van der Waals surface area contributed by atoms with Gasteiger partial charge in [0.25, 0.3) is 11.6 Å². The second-order valence-corrected chi connectivity index (χ2v) is 4.83. The minimum Gasteiger partial charge on any atom is -0.480 e. The SMILES string of the molecule is CCN(C(=O)c1ccc(F)cc1[N+](=O)[O-])C(C)(C)C(=O)O. The Balaban J connectivity index is 3.36. The van der Waals surface area contributed by atoms with Crippen LogP contribution in [0.15, 0.2) is 18.2 Å². The van der Waals surface area contributed by atoms with Crippen LogP contribution in [0.3, 0.4) is 0 Å². The Kier molecular flexibility index (Phi) is 4.62. The number of nitro groups is 1. The summed E-state index contributed by atoms with van der Waals surface area (Å²) in [6.45, 7) is 4.21. The zero-order chi connectivity index (χ0) is 16.4. The van der Waals surface area contributed by atoms with Crippen molar-refractivity contribution >= 4 is 17.6 Å².